The van der Waals surface area contributed by atoms with E-state index in [1.807, 2.05) is 36.4 Å². The molecule has 4 nitrogen and oxygen atoms in total. The maximum Gasteiger partial charge on any atom is 0.221 e. The topological polar surface area (TPSA) is 55.1 Å². The van der Waals surface area contributed by atoms with Gasteiger partial charge in [-0.3, -0.25) is 4.79 Å². The maximum atomic E-state index is 12.4. The molecule has 0 radical (unpaired) electrons. The lowest BCUT2D eigenvalue weighted by atomic mass is 9.88. The van der Waals surface area contributed by atoms with E-state index in [4.69, 9.17) is 4.42 Å². The highest BCUT2D eigenvalue weighted by atomic mass is 16.3. The molecule has 1 aromatic heterocycles. The molecule has 0 atom stereocenters. The predicted octanol–water partition coefficient (Wildman–Crippen LogP) is 3.82. The molecule has 0 aliphatic rings. The van der Waals surface area contributed by atoms with Crippen LogP contribution in [0.15, 0.2) is 71.3 Å². The van der Waals surface area contributed by atoms with Gasteiger partial charge in [0.25, 0.3) is 0 Å². The van der Waals surface area contributed by atoms with Gasteiger partial charge in [-0.05, 0) is 11.1 Å². The number of hydrogen-bond acceptors (Lipinski definition) is 3. The van der Waals surface area contributed by atoms with E-state index in [9.17, 15) is 4.79 Å². The van der Waals surface area contributed by atoms with Gasteiger partial charge in [-0.25, -0.2) is 4.98 Å². The molecule has 3 rings (SSSR count). The van der Waals surface area contributed by atoms with Crippen molar-refractivity contribution in [2.45, 2.75) is 25.8 Å². The fourth-order valence-electron chi connectivity index (χ4n) is 2.73. The first-order valence-corrected chi connectivity index (χ1v) is 8.00. The fraction of sp³-hybridized carbons (Fsp3) is 0.200. The lowest BCUT2D eigenvalue weighted by molar-refractivity contribution is -0.121. The molecule has 4 heteroatoms. The van der Waals surface area contributed by atoms with Crippen molar-refractivity contribution in [3.05, 3.63) is 89.6 Å². The number of amides is 1. The van der Waals surface area contributed by atoms with Gasteiger partial charge in [0.05, 0.1) is 12.2 Å². The molecule has 0 saturated carbocycles. The van der Waals surface area contributed by atoms with Gasteiger partial charge in [-0.15, -0.1) is 0 Å². The lowest BCUT2D eigenvalue weighted by Gasteiger charge is -2.17. The fourth-order valence-corrected chi connectivity index (χ4v) is 2.73. The van der Waals surface area contributed by atoms with E-state index in [2.05, 4.69) is 34.6 Å². The van der Waals surface area contributed by atoms with Crippen LogP contribution in [-0.4, -0.2) is 10.9 Å². The monoisotopic (exact) mass is 320 g/mol. The second kappa shape index (κ2) is 7.59. The largest absolute Gasteiger partial charge is 0.449 e. The third-order valence-corrected chi connectivity index (χ3v) is 3.93. The van der Waals surface area contributed by atoms with E-state index in [0.717, 1.165) is 16.8 Å². The molecule has 0 aliphatic carbocycles. The molecule has 0 fully saturated rings. The number of aryl methyl sites for hydroxylation is 1. The Morgan fingerprint density at radius 1 is 1.04 bits per heavy atom. The molecule has 0 bridgehead atoms. The molecule has 3 aromatic rings. The van der Waals surface area contributed by atoms with Gasteiger partial charge in [-0.1, -0.05) is 60.7 Å². The van der Waals surface area contributed by atoms with E-state index in [-0.39, 0.29) is 11.8 Å². The molecule has 1 N–H and O–H groups in total. The molecule has 0 saturated heterocycles. The summed E-state index contributed by atoms with van der Waals surface area (Å²) in [5, 5.41) is 2.92. The van der Waals surface area contributed by atoms with Crippen molar-refractivity contribution in [2.75, 3.05) is 0 Å². The Labute approximate surface area is 141 Å². The number of carbonyl (C=O) groups excluding carboxylic acids is 1. The molecule has 2 aromatic carbocycles. The van der Waals surface area contributed by atoms with Gasteiger partial charge in [0, 0.05) is 19.3 Å². The van der Waals surface area contributed by atoms with E-state index in [0.29, 0.717) is 18.9 Å². The van der Waals surface area contributed by atoms with Crippen LogP contribution in [0.2, 0.25) is 0 Å². The summed E-state index contributed by atoms with van der Waals surface area (Å²) >= 11 is 0. The van der Waals surface area contributed by atoms with Crippen LogP contribution in [0, 0.1) is 6.92 Å². The quantitative estimate of drug-likeness (QED) is 0.751. The average Bonchev–Trinajstić information content (AvgIpc) is 3.05. The van der Waals surface area contributed by atoms with E-state index in [1.165, 1.54) is 0 Å². The van der Waals surface area contributed by atoms with Crippen LogP contribution >= 0.6 is 0 Å². The average molecular weight is 320 g/mol. The van der Waals surface area contributed by atoms with E-state index in [1.54, 1.807) is 13.2 Å². The first-order chi connectivity index (χ1) is 11.7. The van der Waals surface area contributed by atoms with Crippen molar-refractivity contribution in [1.82, 2.24) is 10.3 Å². The Kier molecular flexibility index (Phi) is 5.06. The SMILES string of the molecule is Cc1nc(CNC(=O)CC(c2ccccc2)c2ccccc2)co1. The van der Waals surface area contributed by atoms with Gasteiger partial charge in [0.1, 0.15) is 6.26 Å². The zero-order chi connectivity index (χ0) is 16.8. The van der Waals surface area contributed by atoms with Crippen LogP contribution in [0.3, 0.4) is 0 Å². The third-order valence-electron chi connectivity index (χ3n) is 3.93. The molecule has 1 amide bonds. The van der Waals surface area contributed by atoms with Gasteiger partial charge < -0.3 is 9.73 Å². The Morgan fingerprint density at radius 3 is 2.12 bits per heavy atom. The number of carbonyl (C=O) groups is 1. The summed E-state index contributed by atoms with van der Waals surface area (Å²) in [4.78, 5) is 16.6. The summed E-state index contributed by atoms with van der Waals surface area (Å²) in [5.41, 5.74) is 3.00. The molecular weight excluding hydrogens is 300 g/mol. The van der Waals surface area contributed by atoms with Crippen molar-refractivity contribution >= 4 is 5.91 Å². The molecule has 1 heterocycles. The minimum atomic E-state index is -0.00615. The molecule has 24 heavy (non-hydrogen) atoms. The molecule has 122 valence electrons. The van der Waals surface area contributed by atoms with Crippen LogP contribution in [0.25, 0.3) is 0 Å². The number of aromatic nitrogens is 1. The summed E-state index contributed by atoms with van der Waals surface area (Å²) < 4.78 is 5.15. The highest BCUT2D eigenvalue weighted by molar-refractivity contribution is 5.77. The summed E-state index contributed by atoms with van der Waals surface area (Å²) in [6.07, 6.45) is 1.96. The summed E-state index contributed by atoms with van der Waals surface area (Å²) in [7, 11) is 0. The maximum absolute atomic E-state index is 12.4. The van der Waals surface area contributed by atoms with Crippen LogP contribution in [-0.2, 0) is 11.3 Å². The van der Waals surface area contributed by atoms with Gasteiger partial charge in [0.15, 0.2) is 5.89 Å². The summed E-state index contributed by atoms with van der Waals surface area (Å²) in [6.45, 7) is 2.17. The highest BCUT2D eigenvalue weighted by Crippen LogP contribution is 2.27. The molecular formula is C20H20N2O2. The van der Waals surface area contributed by atoms with Crippen molar-refractivity contribution in [3.8, 4) is 0 Å². The van der Waals surface area contributed by atoms with Crippen LogP contribution in [0.5, 0.6) is 0 Å². The number of nitrogens with one attached hydrogen (secondary N) is 1. The van der Waals surface area contributed by atoms with Crippen molar-refractivity contribution in [3.63, 3.8) is 0 Å². The summed E-state index contributed by atoms with van der Waals surface area (Å²) in [5.74, 6) is 0.630. The Bertz CT molecular complexity index is 742. The zero-order valence-electron chi connectivity index (χ0n) is 13.6. The Morgan fingerprint density at radius 2 is 1.62 bits per heavy atom. The van der Waals surface area contributed by atoms with Crippen LogP contribution < -0.4 is 5.32 Å². The standard InChI is InChI=1S/C20H20N2O2/c1-15-22-18(14-24-15)13-21-20(23)12-19(16-8-4-2-5-9-16)17-10-6-3-7-11-17/h2-11,14,19H,12-13H2,1H3,(H,21,23). The number of rotatable bonds is 6. The normalized spacial score (nSPS) is 10.8. The van der Waals surface area contributed by atoms with E-state index >= 15 is 0 Å². The van der Waals surface area contributed by atoms with Crippen molar-refractivity contribution < 1.29 is 9.21 Å². The first-order valence-electron chi connectivity index (χ1n) is 8.00. The molecule has 0 aliphatic heterocycles. The van der Waals surface area contributed by atoms with Crippen LogP contribution in [0.4, 0.5) is 0 Å². The molecule has 0 unspecified atom stereocenters. The predicted molar refractivity (Wildman–Crippen MR) is 92.4 cm³/mol. The molecule has 0 spiro atoms. The number of oxazole rings is 1. The summed E-state index contributed by atoms with van der Waals surface area (Å²) in [6, 6.07) is 20.2. The number of benzene rings is 2. The van der Waals surface area contributed by atoms with Crippen molar-refractivity contribution in [2.24, 2.45) is 0 Å². The van der Waals surface area contributed by atoms with Gasteiger partial charge >= 0.3 is 0 Å². The minimum absolute atomic E-state index is 0.00615. The first kappa shape index (κ1) is 16.0. The number of hydrogen-bond donors (Lipinski definition) is 1. The van der Waals surface area contributed by atoms with Crippen LogP contribution in [0.1, 0.15) is 35.1 Å². The Balaban J connectivity index is 1.71. The Hall–Kier alpha value is -2.88. The smallest absolute Gasteiger partial charge is 0.221 e. The second-order valence-corrected chi connectivity index (χ2v) is 5.71. The van der Waals surface area contributed by atoms with E-state index < -0.39 is 0 Å². The minimum Gasteiger partial charge on any atom is -0.449 e. The highest BCUT2D eigenvalue weighted by Gasteiger charge is 2.18. The number of nitrogens with zero attached hydrogens (tertiary/aromatic N) is 1. The second-order valence-electron chi connectivity index (χ2n) is 5.71. The van der Waals surface area contributed by atoms with Crippen molar-refractivity contribution in [1.29, 1.82) is 0 Å². The zero-order valence-corrected chi connectivity index (χ0v) is 13.6. The third kappa shape index (κ3) is 4.10. The lowest BCUT2D eigenvalue weighted by Crippen LogP contribution is -2.25. The van der Waals surface area contributed by atoms with Gasteiger partial charge in [0.2, 0.25) is 5.91 Å². The van der Waals surface area contributed by atoms with Gasteiger partial charge in [-0.2, -0.15) is 0 Å².